The van der Waals surface area contributed by atoms with E-state index >= 15 is 0 Å². The second kappa shape index (κ2) is 7.73. The molecule has 6 heteroatoms. The summed E-state index contributed by atoms with van der Waals surface area (Å²) in [6, 6.07) is 12.3. The van der Waals surface area contributed by atoms with Crippen molar-refractivity contribution in [2.75, 3.05) is 5.32 Å². The third kappa shape index (κ3) is 4.29. The Bertz CT molecular complexity index is 639. The molecule has 0 fully saturated rings. The molecule has 0 aromatic heterocycles. The number of hydrogen-bond donors (Lipinski definition) is 2. The molecule has 2 aromatic carbocycles. The van der Waals surface area contributed by atoms with Gasteiger partial charge in [-0.3, -0.25) is 0 Å². The highest BCUT2D eigenvalue weighted by molar-refractivity contribution is 6.42. The first kappa shape index (κ1) is 16.9. The van der Waals surface area contributed by atoms with Crippen LogP contribution in [-0.4, -0.2) is 6.03 Å². The van der Waals surface area contributed by atoms with Crippen molar-refractivity contribution in [3.05, 3.63) is 63.1 Å². The maximum atomic E-state index is 12.2. The predicted molar refractivity (Wildman–Crippen MR) is 93.1 cm³/mol. The number of halogens is 3. The molecule has 0 spiro atoms. The van der Waals surface area contributed by atoms with Crippen LogP contribution in [0.15, 0.2) is 42.5 Å². The SMILES string of the molecule is CCC(NC(=O)Nc1c(Cl)cc(Cl)cc1Cl)c1ccccc1. The normalized spacial score (nSPS) is 11.8. The maximum Gasteiger partial charge on any atom is 0.319 e. The van der Waals surface area contributed by atoms with Gasteiger partial charge in [-0.05, 0) is 24.1 Å². The molecule has 0 aliphatic heterocycles. The summed E-state index contributed by atoms with van der Waals surface area (Å²) in [6.45, 7) is 2.00. The molecule has 2 rings (SSSR count). The van der Waals surface area contributed by atoms with E-state index < -0.39 is 0 Å². The Labute approximate surface area is 144 Å². The minimum Gasteiger partial charge on any atom is -0.331 e. The summed E-state index contributed by atoms with van der Waals surface area (Å²) in [4.78, 5) is 12.2. The summed E-state index contributed by atoms with van der Waals surface area (Å²) in [7, 11) is 0. The largest absolute Gasteiger partial charge is 0.331 e. The van der Waals surface area contributed by atoms with E-state index in [0.717, 1.165) is 12.0 Å². The number of rotatable bonds is 4. The average Bonchev–Trinajstić information content (AvgIpc) is 2.49. The van der Waals surface area contributed by atoms with Gasteiger partial charge in [-0.1, -0.05) is 72.1 Å². The smallest absolute Gasteiger partial charge is 0.319 e. The fourth-order valence-electron chi connectivity index (χ4n) is 2.08. The zero-order valence-corrected chi connectivity index (χ0v) is 14.1. The molecule has 2 aromatic rings. The van der Waals surface area contributed by atoms with Crippen LogP contribution in [0.5, 0.6) is 0 Å². The van der Waals surface area contributed by atoms with Gasteiger partial charge in [-0.25, -0.2) is 4.79 Å². The standard InChI is InChI=1S/C16H15Cl3N2O/c1-2-14(10-6-4-3-5-7-10)20-16(22)21-15-12(18)8-11(17)9-13(15)19/h3-9,14H,2H2,1H3,(H2,20,21,22). The highest BCUT2D eigenvalue weighted by Gasteiger charge is 2.15. The number of carbonyl (C=O) groups excluding carboxylic acids is 1. The minimum absolute atomic E-state index is 0.0916. The van der Waals surface area contributed by atoms with Crippen LogP contribution in [0.25, 0.3) is 0 Å². The summed E-state index contributed by atoms with van der Waals surface area (Å²) in [5.41, 5.74) is 1.38. The van der Waals surface area contributed by atoms with Gasteiger partial charge in [0.2, 0.25) is 0 Å². The number of benzene rings is 2. The number of nitrogens with one attached hydrogen (secondary N) is 2. The number of urea groups is 1. The average molecular weight is 358 g/mol. The van der Waals surface area contributed by atoms with Crippen LogP contribution in [-0.2, 0) is 0 Å². The van der Waals surface area contributed by atoms with Gasteiger partial charge >= 0.3 is 6.03 Å². The van der Waals surface area contributed by atoms with E-state index in [1.54, 1.807) is 0 Å². The van der Waals surface area contributed by atoms with E-state index in [4.69, 9.17) is 34.8 Å². The number of hydrogen-bond acceptors (Lipinski definition) is 1. The van der Waals surface area contributed by atoms with E-state index in [9.17, 15) is 4.79 Å². The lowest BCUT2D eigenvalue weighted by atomic mass is 10.1. The van der Waals surface area contributed by atoms with Gasteiger partial charge in [0.1, 0.15) is 0 Å². The summed E-state index contributed by atoms with van der Waals surface area (Å²) in [6.07, 6.45) is 0.763. The van der Waals surface area contributed by atoms with Crippen LogP contribution in [0, 0.1) is 0 Å². The van der Waals surface area contributed by atoms with Crippen LogP contribution >= 0.6 is 34.8 Å². The van der Waals surface area contributed by atoms with E-state index in [2.05, 4.69) is 10.6 Å². The van der Waals surface area contributed by atoms with Crippen LogP contribution in [0.2, 0.25) is 15.1 Å². The maximum absolute atomic E-state index is 12.2. The van der Waals surface area contributed by atoms with Crippen molar-refractivity contribution in [3.8, 4) is 0 Å². The zero-order chi connectivity index (χ0) is 16.1. The summed E-state index contributed by atoms with van der Waals surface area (Å²) < 4.78 is 0. The summed E-state index contributed by atoms with van der Waals surface area (Å²) in [5.74, 6) is 0. The monoisotopic (exact) mass is 356 g/mol. The third-order valence-electron chi connectivity index (χ3n) is 3.16. The molecule has 0 aliphatic carbocycles. The quantitative estimate of drug-likeness (QED) is 0.700. The molecule has 0 saturated carbocycles. The predicted octanol–water partition coefficient (Wildman–Crippen LogP) is 5.92. The van der Waals surface area contributed by atoms with Gasteiger partial charge < -0.3 is 10.6 Å². The molecule has 0 aliphatic rings. The van der Waals surface area contributed by atoms with Crippen LogP contribution in [0.1, 0.15) is 24.9 Å². The molecule has 116 valence electrons. The first-order chi connectivity index (χ1) is 10.5. The Morgan fingerprint density at radius 1 is 1.09 bits per heavy atom. The first-order valence-electron chi connectivity index (χ1n) is 6.78. The van der Waals surface area contributed by atoms with Gasteiger partial charge in [0, 0.05) is 5.02 Å². The third-order valence-corrected chi connectivity index (χ3v) is 3.98. The molecule has 0 radical (unpaired) electrons. The molecular formula is C16H15Cl3N2O. The Morgan fingerprint density at radius 2 is 1.68 bits per heavy atom. The van der Waals surface area contributed by atoms with E-state index in [0.29, 0.717) is 20.8 Å². The highest BCUT2D eigenvalue weighted by atomic mass is 35.5. The molecule has 3 nitrogen and oxygen atoms in total. The Balaban J connectivity index is 2.10. The van der Waals surface area contributed by atoms with Crippen molar-refractivity contribution >= 4 is 46.5 Å². The molecule has 1 atom stereocenters. The van der Waals surface area contributed by atoms with Gasteiger partial charge in [-0.15, -0.1) is 0 Å². The van der Waals surface area contributed by atoms with Gasteiger partial charge in [-0.2, -0.15) is 0 Å². The van der Waals surface area contributed by atoms with Crippen LogP contribution < -0.4 is 10.6 Å². The lowest BCUT2D eigenvalue weighted by Gasteiger charge is -2.18. The molecule has 1 unspecified atom stereocenters. The van der Waals surface area contributed by atoms with Crippen LogP contribution in [0.4, 0.5) is 10.5 Å². The summed E-state index contributed by atoms with van der Waals surface area (Å²) in [5, 5.41) is 6.57. The second-order valence-electron chi connectivity index (χ2n) is 4.71. The molecule has 0 heterocycles. The molecule has 22 heavy (non-hydrogen) atoms. The van der Waals surface area contributed by atoms with Crippen molar-refractivity contribution in [1.82, 2.24) is 5.32 Å². The fraction of sp³-hybridized carbons (Fsp3) is 0.188. The molecule has 2 N–H and O–H groups in total. The van der Waals surface area contributed by atoms with Crippen molar-refractivity contribution in [1.29, 1.82) is 0 Å². The number of carbonyl (C=O) groups is 1. The summed E-state index contributed by atoms with van der Waals surface area (Å²) >= 11 is 18.0. The lowest BCUT2D eigenvalue weighted by Crippen LogP contribution is -2.32. The highest BCUT2D eigenvalue weighted by Crippen LogP contribution is 2.33. The van der Waals surface area contributed by atoms with Gasteiger partial charge in [0.15, 0.2) is 0 Å². The van der Waals surface area contributed by atoms with E-state index in [1.807, 2.05) is 37.3 Å². The lowest BCUT2D eigenvalue weighted by molar-refractivity contribution is 0.248. The Kier molecular flexibility index (Phi) is 5.95. The van der Waals surface area contributed by atoms with E-state index in [1.165, 1.54) is 12.1 Å². The number of anilines is 1. The Hall–Kier alpha value is -1.42. The number of amides is 2. The minimum atomic E-state index is -0.373. The second-order valence-corrected chi connectivity index (χ2v) is 5.97. The molecular weight excluding hydrogens is 343 g/mol. The van der Waals surface area contributed by atoms with E-state index in [-0.39, 0.29) is 12.1 Å². The first-order valence-corrected chi connectivity index (χ1v) is 7.91. The molecule has 0 bridgehead atoms. The topological polar surface area (TPSA) is 41.1 Å². The van der Waals surface area contributed by atoms with Crippen molar-refractivity contribution in [2.45, 2.75) is 19.4 Å². The zero-order valence-electron chi connectivity index (χ0n) is 11.9. The Morgan fingerprint density at radius 3 is 2.23 bits per heavy atom. The van der Waals surface area contributed by atoms with Gasteiger partial charge in [0.05, 0.1) is 21.8 Å². The molecule has 2 amide bonds. The van der Waals surface area contributed by atoms with Crippen LogP contribution in [0.3, 0.4) is 0 Å². The van der Waals surface area contributed by atoms with Crippen molar-refractivity contribution in [2.24, 2.45) is 0 Å². The van der Waals surface area contributed by atoms with Crippen molar-refractivity contribution < 1.29 is 4.79 Å². The van der Waals surface area contributed by atoms with Gasteiger partial charge in [0.25, 0.3) is 0 Å². The fourth-order valence-corrected chi connectivity index (χ4v) is 2.99. The molecule has 0 saturated heterocycles. The van der Waals surface area contributed by atoms with Crippen molar-refractivity contribution in [3.63, 3.8) is 0 Å².